The number of hydrogen-bond acceptors (Lipinski definition) is 1. The number of carboxylic acid groups (broad SMARTS) is 1. The molecule has 5 heteroatoms. The molecule has 0 aliphatic heterocycles. The van der Waals surface area contributed by atoms with E-state index in [1.165, 1.54) is 18.2 Å². The van der Waals surface area contributed by atoms with Gasteiger partial charge in [-0.25, -0.2) is 18.0 Å². The van der Waals surface area contributed by atoms with Gasteiger partial charge in [0.15, 0.2) is 17.5 Å². The Morgan fingerprint density at radius 3 is 2.37 bits per heavy atom. The summed E-state index contributed by atoms with van der Waals surface area (Å²) in [6.07, 6.45) is 0. The summed E-state index contributed by atoms with van der Waals surface area (Å²) in [5, 5.41) is 8.98. The molecule has 0 radical (unpaired) electrons. The SMILES string of the molecule is Cc1ccc(-c2ccc(F)c(F)c2F)cc1C(=O)O. The zero-order chi connectivity index (χ0) is 14.2. The quantitative estimate of drug-likeness (QED) is 0.840. The fourth-order valence-corrected chi connectivity index (χ4v) is 1.77. The van der Waals surface area contributed by atoms with Crippen LogP contribution in [-0.4, -0.2) is 11.1 Å². The summed E-state index contributed by atoms with van der Waals surface area (Å²) in [6, 6.07) is 6.04. The molecule has 19 heavy (non-hydrogen) atoms. The van der Waals surface area contributed by atoms with E-state index in [1.807, 2.05) is 0 Å². The third-order valence-electron chi connectivity index (χ3n) is 2.81. The highest BCUT2D eigenvalue weighted by molar-refractivity contribution is 5.91. The van der Waals surface area contributed by atoms with E-state index in [-0.39, 0.29) is 16.7 Å². The normalized spacial score (nSPS) is 10.5. The summed E-state index contributed by atoms with van der Waals surface area (Å²) in [7, 11) is 0. The molecule has 1 N–H and O–H groups in total. The summed E-state index contributed by atoms with van der Waals surface area (Å²) in [4.78, 5) is 11.0. The van der Waals surface area contributed by atoms with Crippen molar-refractivity contribution in [3.8, 4) is 11.1 Å². The Kier molecular flexibility index (Phi) is 3.29. The molecule has 0 spiro atoms. The van der Waals surface area contributed by atoms with Gasteiger partial charge >= 0.3 is 5.97 Å². The van der Waals surface area contributed by atoms with Crippen LogP contribution in [0.5, 0.6) is 0 Å². The minimum absolute atomic E-state index is 0.0124. The number of hydrogen-bond donors (Lipinski definition) is 1. The van der Waals surface area contributed by atoms with Gasteiger partial charge < -0.3 is 5.11 Å². The molecule has 0 heterocycles. The number of rotatable bonds is 2. The van der Waals surface area contributed by atoms with Crippen molar-refractivity contribution < 1.29 is 23.1 Å². The monoisotopic (exact) mass is 266 g/mol. The minimum Gasteiger partial charge on any atom is -0.478 e. The first kappa shape index (κ1) is 13.1. The van der Waals surface area contributed by atoms with Crippen LogP contribution in [0.1, 0.15) is 15.9 Å². The first-order chi connectivity index (χ1) is 8.91. The van der Waals surface area contributed by atoms with Gasteiger partial charge in [-0.05, 0) is 36.2 Å². The molecule has 0 amide bonds. The number of halogens is 3. The molecule has 2 aromatic carbocycles. The summed E-state index contributed by atoms with van der Waals surface area (Å²) in [5.74, 6) is -5.36. The largest absolute Gasteiger partial charge is 0.478 e. The lowest BCUT2D eigenvalue weighted by molar-refractivity contribution is 0.0696. The van der Waals surface area contributed by atoms with Gasteiger partial charge in [0.25, 0.3) is 0 Å². The average molecular weight is 266 g/mol. The molecule has 0 aliphatic rings. The van der Waals surface area contributed by atoms with Gasteiger partial charge in [-0.3, -0.25) is 0 Å². The summed E-state index contributed by atoms with van der Waals surface area (Å²) >= 11 is 0. The topological polar surface area (TPSA) is 37.3 Å². The van der Waals surface area contributed by atoms with Crippen molar-refractivity contribution in [2.75, 3.05) is 0 Å². The van der Waals surface area contributed by atoms with Gasteiger partial charge in [0.2, 0.25) is 0 Å². The molecule has 2 nitrogen and oxygen atoms in total. The summed E-state index contributed by atoms with van der Waals surface area (Å²) in [5.41, 5.74) is 0.488. The maximum Gasteiger partial charge on any atom is 0.335 e. The Morgan fingerprint density at radius 2 is 1.74 bits per heavy atom. The molecule has 2 aromatic rings. The van der Waals surface area contributed by atoms with Crippen molar-refractivity contribution in [1.29, 1.82) is 0 Å². The zero-order valence-electron chi connectivity index (χ0n) is 9.88. The number of aryl methyl sites for hydroxylation is 1. The number of carbonyl (C=O) groups is 1. The van der Waals surface area contributed by atoms with E-state index in [2.05, 4.69) is 0 Å². The molecular formula is C14H9F3O2. The van der Waals surface area contributed by atoms with Crippen molar-refractivity contribution in [1.82, 2.24) is 0 Å². The maximum absolute atomic E-state index is 13.6. The predicted octanol–water partition coefficient (Wildman–Crippen LogP) is 3.78. The van der Waals surface area contributed by atoms with Gasteiger partial charge in [-0.15, -0.1) is 0 Å². The Labute approximate surface area is 107 Å². The molecule has 0 aromatic heterocycles. The van der Waals surface area contributed by atoms with Gasteiger partial charge in [0.1, 0.15) is 0 Å². The Hall–Kier alpha value is -2.30. The number of aromatic carboxylic acids is 1. The highest BCUT2D eigenvalue weighted by Gasteiger charge is 2.16. The Morgan fingerprint density at radius 1 is 1.05 bits per heavy atom. The van der Waals surface area contributed by atoms with Crippen LogP contribution in [0.25, 0.3) is 11.1 Å². The van der Waals surface area contributed by atoms with Gasteiger partial charge in [0, 0.05) is 5.56 Å². The van der Waals surface area contributed by atoms with Gasteiger partial charge in [0.05, 0.1) is 5.56 Å². The highest BCUT2D eigenvalue weighted by atomic mass is 19.2. The summed E-state index contributed by atoms with van der Waals surface area (Å²) < 4.78 is 39.6. The van der Waals surface area contributed by atoms with Gasteiger partial charge in [-0.2, -0.15) is 0 Å². The lowest BCUT2D eigenvalue weighted by Gasteiger charge is -2.08. The Bertz CT molecular complexity index is 666. The van der Waals surface area contributed by atoms with Crippen molar-refractivity contribution in [3.05, 3.63) is 58.9 Å². The molecule has 2 rings (SSSR count). The minimum atomic E-state index is -1.57. The van der Waals surface area contributed by atoms with Crippen molar-refractivity contribution in [2.45, 2.75) is 6.92 Å². The first-order valence-corrected chi connectivity index (χ1v) is 5.39. The third-order valence-corrected chi connectivity index (χ3v) is 2.81. The smallest absolute Gasteiger partial charge is 0.335 e. The molecule has 98 valence electrons. The highest BCUT2D eigenvalue weighted by Crippen LogP contribution is 2.27. The van der Waals surface area contributed by atoms with Crippen LogP contribution in [0, 0.1) is 24.4 Å². The lowest BCUT2D eigenvalue weighted by atomic mass is 9.99. The van der Waals surface area contributed by atoms with E-state index in [9.17, 15) is 18.0 Å². The second kappa shape index (κ2) is 4.76. The Balaban J connectivity index is 2.63. The molecular weight excluding hydrogens is 257 g/mol. The van der Waals surface area contributed by atoms with E-state index in [0.29, 0.717) is 5.56 Å². The second-order valence-electron chi connectivity index (χ2n) is 4.06. The van der Waals surface area contributed by atoms with Crippen molar-refractivity contribution >= 4 is 5.97 Å². The van der Waals surface area contributed by atoms with Crippen LogP contribution in [0.15, 0.2) is 30.3 Å². The van der Waals surface area contributed by atoms with Crippen LogP contribution < -0.4 is 0 Å². The number of benzene rings is 2. The predicted molar refractivity (Wildman–Crippen MR) is 63.4 cm³/mol. The van der Waals surface area contributed by atoms with E-state index < -0.39 is 23.4 Å². The standard InChI is InChI=1S/C14H9F3O2/c1-7-2-3-8(6-10(7)14(18)19)9-4-5-11(15)13(17)12(9)16/h2-6H,1H3,(H,18,19). The van der Waals surface area contributed by atoms with Crippen LogP contribution in [0.2, 0.25) is 0 Å². The molecule has 0 saturated heterocycles. The first-order valence-electron chi connectivity index (χ1n) is 5.39. The fraction of sp³-hybridized carbons (Fsp3) is 0.0714. The van der Waals surface area contributed by atoms with Crippen LogP contribution in [0.3, 0.4) is 0 Å². The van der Waals surface area contributed by atoms with Crippen molar-refractivity contribution in [3.63, 3.8) is 0 Å². The molecule has 0 saturated carbocycles. The van der Waals surface area contributed by atoms with Crippen molar-refractivity contribution in [2.24, 2.45) is 0 Å². The van der Waals surface area contributed by atoms with Crippen LogP contribution >= 0.6 is 0 Å². The molecule has 0 fully saturated rings. The second-order valence-corrected chi connectivity index (χ2v) is 4.06. The van der Waals surface area contributed by atoms with E-state index in [0.717, 1.165) is 12.1 Å². The van der Waals surface area contributed by atoms with Crippen LogP contribution in [0.4, 0.5) is 13.2 Å². The summed E-state index contributed by atoms with van der Waals surface area (Å²) in [6.45, 7) is 1.59. The van der Waals surface area contributed by atoms with E-state index >= 15 is 0 Å². The molecule has 0 atom stereocenters. The maximum atomic E-state index is 13.6. The van der Waals surface area contributed by atoms with Crippen LogP contribution in [-0.2, 0) is 0 Å². The van der Waals surface area contributed by atoms with E-state index in [4.69, 9.17) is 5.11 Å². The molecule has 0 unspecified atom stereocenters. The third kappa shape index (κ3) is 2.31. The lowest BCUT2D eigenvalue weighted by Crippen LogP contribution is -2.01. The van der Waals surface area contributed by atoms with Gasteiger partial charge in [-0.1, -0.05) is 12.1 Å². The molecule has 0 aliphatic carbocycles. The zero-order valence-corrected chi connectivity index (χ0v) is 9.88. The number of carboxylic acids is 1. The fourth-order valence-electron chi connectivity index (χ4n) is 1.77. The molecule has 0 bridgehead atoms. The van der Waals surface area contributed by atoms with E-state index in [1.54, 1.807) is 6.92 Å². The average Bonchev–Trinajstić information content (AvgIpc) is 2.37.